The summed E-state index contributed by atoms with van der Waals surface area (Å²) in [5.74, 6) is 0. The van der Waals surface area contributed by atoms with Crippen LogP contribution in [-0.2, 0) is 0 Å². The largest absolute Gasteiger partial charge is 0.180 e. The first-order valence-electron chi connectivity index (χ1n) is 3.40. The maximum atomic E-state index is 6.14. The Labute approximate surface area is 119 Å². The van der Waals surface area contributed by atoms with Crippen LogP contribution in [0.4, 0.5) is 0 Å². The molecule has 0 amide bonds. The summed E-state index contributed by atoms with van der Waals surface area (Å²) >= 11 is 36.8. The van der Waals surface area contributed by atoms with E-state index in [9.17, 15) is 0 Å². The van der Waals surface area contributed by atoms with E-state index < -0.39 is 12.5 Å². The highest BCUT2D eigenvalue weighted by molar-refractivity contribution is 9.13. The predicted molar refractivity (Wildman–Crippen MR) is 68.3 cm³/mol. The summed E-state index contributed by atoms with van der Waals surface area (Å²) in [6.07, 6.45) is 1.18. The van der Waals surface area contributed by atoms with E-state index in [1.54, 1.807) is 0 Å². The maximum Gasteiger partial charge on any atom is 0.180 e. The predicted octanol–water partition coefficient (Wildman–Crippen LogP) is 5.22. The van der Waals surface area contributed by atoms with Gasteiger partial charge in [0.1, 0.15) is 3.78 Å². The lowest BCUT2D eigenvalue weighted by atomic mass is 9.97. The molecular weight excluding hydrogens is 409 g/mol. The molecule has 0 heterocycles. The van der Waals surface area contributed by atoms with Crippen LogP contribution in [0.3, 0.4) is 0 Å². The molecule has 0 spiro atoms. The van der Waals surface area contributed by atoms with Gasteiger partial charge < -0.3 is 0 Å². The first-order chi connectivity index (χ1) is 5.63. The third-order valence-electron chi connectivity index (χ3n) is 1.98. The zero-order valence-electron chi connectivity index (χ0n) is 6.14. The van der Waals surface area contributed by atoms with Crippen molar-refractivity contribution in [3.63, 3.8) is 0 Å². The summed E-state index contributed by atoms with van der Waals surface area (Å²) in [5.41, 5.74) is 0. The molecule has 7 heteroatoms. The highest BCUT2D eigenvalue weighted by atomic mass is 79.9. The van der Waals surface area contributed by atoms with Crippen LogP contribution < -0.4 is 0 Å². The van der Waals surface area contributed by atoms with Gasteiger partial charge in [0.05, 0.1) is 0 Å². The molecule has 1 rings (SSSR count). The van der Waals surface area contributed by atoms with Gasteiger partial charge in [-0.15, -0.1) is 11.6 Å². The van der Waals surface area contributed by atoms with Crippen molar-refractivity contribution in [2.24, 2.45) is 0 Å². The van der Waals surface area contributed by atoms with Crippen LogP contribution in [0, 0.1) is 0 Å². The fourth-order valence-corrected chi connectivity index (χ4v) is 4.05. The average Bonchev–Trinajstić information content (AvgIpc) is 1.97. The summed E-state index contributed by atoms with van der Waals surface area (Å²) in [6.45, 7) is 0. The van der Waals surface area contributed by atoms with E-state index in [-0.39, 0.29) is 4.83 Å². The molecule has 0 radical (unpaired) electrons. The third kappa shape index (κ3) is 2.11. The average molecular weight is 414 g/mol. The normalized spacial score (nSPS) is 43.2. The van der Waals surface area contributed by atoms with E-state index in [0.717, 1.165) is 0 Å². The lowest BCUT2D eigenvalue weighted by Crippen LogP contribution is -2.57. The lowest BCUT2D eigenvalue weighted by Gasteiger charge is -2.48. The van der Waals surface area contributed by atoms with Gasteiger partial charge in [-0.3, -0.25) is 0 Å². The van der Waals surface area contributed by atoms with Crippen molar-refractivity contribution >= 4 is 89.9 Å². The van der Waals surface area contributed by atoms with Crippen LogP contribution in [0.1, 0.15) is 12.8 Å². The van der Waals surface area contributed by atoms with Crippen LogP contribution in [0.15, 0.2) is 0 Å². The van der Waals surface area contributed by atoms with E-state index in [1.165, 1.54) is 0 Å². The molecule has 0 aromatic rings. The van der Waals surface area contributed by atoms with Gasteiger partial charge in [0.2, 0.25) is 0 Å². The quantitative estimate of drug-likeness (QED) is 0.477. The van der Waals surface area contributed by atoms with Crippen molar-refractivity contribution < 1.29 is 0 Å². The van der Waals surface area contributed by atoms with Crippen LogP contribution in [-0.4, -0.2) is 17.3 Å². The van der Waals surface area contributed by atoms with Crippen LogP contribution in [0.25, 0.3) is 0 Å². The zero-order chi connectivity index (χ0) is 10.5. The van der Waals surface area contributed by atoms with E-state index in [4.69, 9.17) is 58.0 Å². The first-order valence-corrected chi connectivity index (χ1v) is 7.00. The molecule has 1 aliphatic rings. The van der Waals surface area contributed by atoms with Gasteiger partial charge in [0.25, 0.3) is 0 Å². The molecule has 0 N–H and O–H groups in total. The molecule has 78 valence electrons. The number of hydrogen-bond acceptors (Lipinski definition) is 0. The van der Waals surface area contributed by atoms with Gasteiger partial charge in [0.15, 0.2) is 8.67 Å². The molecule has 0 aliphatic heterocycles. The molecule has 0 nitrogen and oxygen atoms in total. The second-order valence-corrected chi connectivity index (χ2v) is 9.13. The van der Waals surface area contributed by atoms with Crippen LogP contribution >= 0.6 is 89.9 Å². The number of halogens is 7. The number of rotatable bonds is 0. The van der Waals surface area contributed by atoms with Crippen molar-refractivity contribution in [2.45, 2.75) is 30.1 Å². The molecule has 0 aromatic heterocycles. The Kier molecular flexibility index (Phi) is 4.16. The molecule has 2 unspecified atom stereocenters. The minimum Gasteiger partial charge on any atom is -0.102 e. The zero-order valence-corrected chi connectivity index (χ0v) is 13.1. The van der Waals surface area contributed by atoms with Crippen LogP contribution in [0.5, 0.6) is 0 Å². The summed E-state index contributed by atoms with van der Waals surface area (Å²) in [5, 5.41) is 0. The monoisotopic (exact) mass is 410 g/mol. The molecule has 0 bridgehead atoms. The van der Waals surface area contributed by atoms with Gasteiger partial charge >= 0.3 is 0 Å². The molecule has 0 aromatic carbocycles. The second-order valence-electron chi connectivity index (χ2n) is 2.91. The van der Waals surface area contributed by atoms with Crippen molar-refractivity contribution in [3.05, 3.63) is 0 Å². The highest BCUT2D eigenvalue weighted by Gasteiger charge is 2.65. The van der Waals surface area contributed by atoms with Gasteiger partial charge in [-0.2, -0.15) is 0 Å². The Morgan fingerprint density at radius 2 is 1.54 bits per heavy atom. The highest BCUT2D eigenvalue weighted by Crippen LogP contribution is 2.63. The Bertz CT molecular complexity index is 215. The SMILES string of the molecule is ClC1(Cl)CCC(Br)C(Cl)(Br)C1(Cl)Cl. The molecule has 0 saturated heterocycles. The van der Waals surface area contributed by atoms with Gasteiger partial charge in [-0.1, -0.05) is 78.3 Å². The van der Waals surface area contributed by atoms with E-state index in [2.05, 4.69) is 31.9 Å². The fraction of sp³-hybridized carbons (Fsp3) is 1.00. The summed E-state index contributed by atoms with van der Waals surface area (Å²) in [6, 6.07) is 0. The summed E-state index contributed by atoms with van der Waals surface area (Å²) in [4.78, 5) is -0.0812. The molecule has 1 saturated carbocycles. The molecule has 13 heavy (non-hydrogen) atoms. The Morgan fingerprint density at radius 1 is 1.08 bits per heavy atom. The Hall–Kier alpha value is 2.41. The molecule has 1 aliphatic carbocycles. The fourth-order valence-electron chi connectivity index (χ4n) is 1.09. The Balaban J connectivity index is 3.07. The minimum absolute atomic E-state index is 0.0812. The minimum atomic E-state index is -1.45. The van der Waals surface area contributed by atoms with Crippen molar-refractivity contribution in [1.29, 1.82) is 0 Å². The number of hydrogen-bond donors (Lipinski definition) is 0. The van der Waals surface area contributed by atoms with Gasteiger partial charge in [0, 0.05) is 4.83 Å². The Morgan fingerprint density at radius 3 is 1.92 bits per heavy atom. The first kappa shape index (κ1) is 13.5. The third-order valence-corrected chi connectivity index (χ3v) is 8.92. The van der Waals surface area contributed by atoms with E-state index >= 15 is 0 Å². The van der Waals surface area contributed by atoms with Crippen molar-refractivity contribution in [1.82, 2.24) is 0 Å². The molecular formula is C6H5Br2Cl5. The number of alkyl halides is 7. The standard InChI is InChI=1S/C6H5Br2Cl5/c7-3-1-2-4(9,10)6(12,13)5(3,8)11/h3H,1-2H2. The summed E-state index contributed by atoms with van der Waals surface area (Å²) < 4.78 is -3.76. The lowest BCUT2D eigenvalue weighted by molar-refractivity contribution is 0.456. The molecule has 1 fully saturated rings. The topological polar surface area (TPSA) is 0 Å². The molecule has 2 atom stereocenters. The smallest absolute Gasteiger partial charge is 0.102 e. The van der Waals surface area contributed by atoms with Gasteiger partial charge in [-0.05, 0) is 12.8 Å². The van der Waals surface area contributed by atoms with Gasteiger partial charge in [-0.25, -0.2) is 0 Å². The van der Waals surface area contributed by atoms with Crippen LogP contribution in [0.2, 0.25) is 0 Å². The van der Waals surface area contributed by atoms with Crippen molar-refractivity contribution in [2.75, 3.05) is 0 Å². The van der Waals surface area contributed by atoms with Crippen molar-refractivity contribution in [3.8, 4) is 0 Å². The summed E-state index contributed by atoms with van der Waals surface area (Å²) in [7, 11) is 0. The van der Waals surface area contributed by atoms with E-state index in [1.807, 2.05) is 0 Å². The second kappa shape index (κ2) is 4.01. The maximum absolute atomic E-state index is 6.14. The van der Waals surface area contributed by atoms with E-state index in [0.29, 0.717) is 12.8 Å².